The van der Waals surface area contributed by atoms with Crippen molar-refractivity contribution in [2.75, 3.05) is 26.2 Å². The Hall–Kier alpha value is -0.120. The van der Waals surface area contributed by atoms with Crippen LogP contribution in [0.15, 0.2) is 0 Å². The first kappa shape index (κ1) is 15.9. The number of rotatable bonds is 6. The van der Waals surface area contributed by atoms with Crippen molar-refractivity contribution < 1.29 is 4.74 Å². The predicted octanol–water partition coefficient (Wildman–Crippen LogP) is 2.64. The van der Waals surface area contributed by atoms with Crippen LogP contribution >= 0.6 is 0 Å². The molecule has 1 heterocycles. The van der Waals surface area contributed by atoms with Gasteiger partial charge in [-0.3, -0.25) is 4.90 Å². The molecule has 1 aliphatic rings. The summed E-state index contributed by atoms with van der Waals surface area (Å²) in [6.45, 7) is 14.8. The number of ether oxygens (including phenoxy) is 1. The zero-order valence-electron chi connectivity index (χ0n) is 13.0. The van der Waals surface area contributed by atoms with Crippen molar-refractivity contribution in [3.05, 3.63) is 0 Å². The molecule has 3 nitrogen and oxygen atoms in total. The highest BCUT2D eigenvalue weighted by molar-refractivity contribution is 4.96. The molecule has 0 amide bonds. The van der Waals surface area contributed by atoms with Gasteiger partial charge in [-0.1, -0.05) is 27.2 Å². The van der Waals surface area contributed by atoms with Gasteiger partial charge < -0.3 is 10.5 Å². The molecule has 0 spiro atoms. The fourth-order valence-corrected chi connectivity index (χ4v) is 3.07. The minimum absolute atomic E-state index is 0.0384. The summed E-state index contributed by atoms with van der Waals surface area (Å²) in [5.74, 6) is 0.736. The Balaban J connectivity index is 2.82. The van der Waals surface area contributed by atoms with Gasteiger partial charge in [0.05, 0.1) is 12.2 Å². The molecular weight excluding hydrogens is 224 g/mol. The van der Waals surface area contributed by atoms with Crippen molar-refractivity contribution in [2.45, 2.75) is 65.0 Å². The molecule has 18 heavy (non-hydrogen) atoms. The maximum atomic E-state index is 6.16. The summed E-state index contributed by atoms with van der Waals surface area (Å²) in [5, 5.41) is 0. The minimum atomic E-state index is -0.0384. The molecule has 1 aliphatic heterocycles. The molecule has 2 unspecified atom stereocenters. The van der Waals surface area contributed by atoms with Crippen LogP contribution in [0.3, 0.4) is 0 Å². The summed E-state index contributed by atoms with van der Waals surface area (Å²) in [7, 11) is 0. The molecule has 2 atom stereocenters. The van der Waals surface area contributed by atoms with Crippen LogP contribution in [0.5, 0.6) is 0 Å². The third kappa shape index (κ3) is 3.69. The highest BCUT2D eigenvalue weighted by atomic mass is 16.5. The Labute approximate surface area is 113 Å². The second kappa shape index (κ2) is 6.36. The van der Waals surface area contributed by atoms with Gasteiger partial charge in [0, 0.05) is 25.2 Å². The zero-order chi connectivity index (χ0) is 13.8. The third-order valence-electron chi connectivity index (χ3n) is 4.56. The average molecular weight is 256 g/mol. The van der Waals surface area contributed by atoms with Crippen molar-refractivity contribution >= 4 is 0 Å². The van der Waals surface area contributed by atoms with Gasteiger partial charge in [0.2, 0.25) is 0 Å². The quantitative estimate of drug-likeness (QED) is 0.794. The number of hydrogen-bond acceptors (Lipinski definition) is 3. The molecule has 0 aliphatic carbocycles. The summed E-state index contributed by atoms with van der Waals surface area (Å²) in [5.41, 5.74) is 6.28. The van der Waals surface area contributed by atoms with E-state index >= 15 is 0 Å². The fourth-order valence-electron chi connectivity index (χ4n) is 3.07. The van der Waals surface area contributed by atoms with Crippen LogP contribution in [-0.4, -0.2) is 42.3 Å². The van der Waals surface area contributed by atoms with Crippen LogP contribution in [0, 0.1) is 5.92 Å². The lowest BCUT2D eigenvalue weighted by atomic mass is 9.82. The molecule has 3 heteroatoms. The number of nitrogens with two attached hydrogens (primary N) is 1. The lowest BCUT2D eigenvalue weighted by Crippen LogP contribution is -2.61. The maximum Gasteiger partial charge on any atom is 0.0753 e. The van der Waals surface area contributed by atoms with Gasteiger partial charge in [0.25, 0.3) is 0 Å². The van der Waals surface area contributed by atoms with E-state index in [1.165, 1.54) is 12.8 Å². The Kier molecular flexibility index (Phi) is 5.63. The zero-order valence-corrected chi connectivity index (χ0v) is 13.0. The van der Waals surface area contributed by atoms with E-state index in [0.29, 0.717) is 0 Å². The van der Waals surface area contributed by atoms with E-state index < -0.39 is 0 Å². The fraction of sp³-hybridized carbons (Fsp3) is 1.00. The number of nitrogens with zero attached hydrogens (tertiary/aromatic N) is 1. The maximum absolute atomic E-state index is 6.16. The van der Waals surface area contributed by atoms with E-state index in [2.05, 4.69) is 39.5 Å². The van der Waals surface area contributed by atoms with Crippen LogP contribution < -0.4 is 5.73 Å². The van der Waals surface area contributed by atoms with E-state index in [0.717, 1.165) is 38.6 Å². The lowest BCUT2D eigenvalue weighted by Gasteiger charge is -2.50. The lowest BCUT2D eigenvalue weighted by molar-refractivity contribution is -0.119. The summed E-state index contributed by atoms with van der Waals surface area (Å²) in [4.78, 5) is 2.59. The van der Waals surface area contributed by atoms with Gasteiger partial charge in [-0.25, -0.2) is 0 Å². The summed E-state index contributed by atoms with van der Waals surface area (Å²) < 4.78 is 5.83. The summed E-state index contributed by atoms with van der Waals surface area (Å²) in [6, 6.07) is 0. The van der Waals surface area contributed by atoms with E-state index in [-0.39, 0.29) is 11.1 Å². The predicted molar refractivity (Wildman–Crippen MR) is 77.8 cm³/mol. The third-order valence-corrected chi connectivity index (χ3v) is 4.56. The van der Waals surface area contributed by atoms with Crippen molar-refractivity contribution in [3.63, 3.8) is 0 Å². The van der Waals surface area contributed by atoms with E-state index in [4.69, 9.17) is 10.5 Å². The second-order valence-electron chi connectivity index (χ2n) is 6.53. The topological polar surface area (TPSA) is 38.5 Å². The smallest absolute Gasteiger partial charge is 0.0753 e. The molecule has 1 rings (SSSR count). The molecule has 0 saturated carbocycles. The molecule has 0 aromatic rings. The molecular formula is C15H32N2O. The second-order valence-corrected chi connectivity index (χ2v) is 6.53. The van der Waals surface area contributed by atoms with Gasteiger partial charge in [0.1, 0.15) is 0 Å². The van der Waals surface area contributed by atoms with E-state index in [1.54, 1.807) is 0 Å². The molecule has 2 N–H and O–H groups in total. The SMILES string of the molecule is CCC(C)CC(CC)(CN)N1CCOC(C)(C)C1. The van der Waals surface area contributed by atoms with E-state index in [1.807, 2.05) is 0 Å². The van der Waals surface area contributed by atoms with Gasteiger partial charge in [-0.05, 0) is 32.6 Å². The van der Waals surface area contributed by atoms with Crippen molar-refractivity contribution in [1.29, 1.82) is 0 Å². The number of hydrogen-bond donors (Lipinski definition) is 1. The average Bonchev–Trinajstić information content (AvgIpc) is 2.34. The minimum Gasteiger partial charge on any atom is -0.373 e. The van der Waals surface area contributed by atoms with Gasteiger partial charge >= 0.3 is 0 Å². The van der Waals surface area contributed by atoms with Crippen molar-refractivity contribution in [3.8, 4) is 0 Å². The molecule has 1 saturated heterocycles. The van der Waals surface area contributed by atoms with Crippen LogP contribution in [0.4, 0.5) is 0 Å². The highest BCUT2D eigenvalue weighted by Crippen LogP contribution is 2.32. The molecule has 0 aromatic heterocycles. The first-order valence-corrected chi connectivity index (χ1v) is 7.48. The Morgan fingerprint density at radius 1 is 1.39 bits per heavy atom. The van der Waals surface area contributed by atoms with Crippen LogP contribution in [0.1, 0.15) is 53.9 Å². The molecule has 1 fully saturated rings. The monoisotopic (exact) mass is 256 g/mol. The molecule has 0 bridgehead atoms. The first-order chi connectivity index (χ1) is 8.39. The number of morpholine rings is 1. The molecule has 108 valence electrons. The van der Waals surface area contributed by atoms with Gasteiger partial charge in [-0.2, -0.15) is 0 Å². The highest BCUT2D eigenvalue weighted by Gasteiger charge is 2.40. The van der Waals surface area contributed by atoms with E-state index in [9.17, 15) is 0 Å². The van der Waals surface area contributed by atoms with Crippen LogP contribution in [-0.2, 0) is 4.74 Å². The summed E-state index contributed by atoms with van der Waals surface area (Å²) >= 11 is 0. The first-order valence-electron chi connectivity index (χ1n) is 7.48. The Bertz CT molecular complexity index is 249. The summed E-state index contributed by atoms with van der Waals surface area (Å²) in [6.07, 6.45) is 3.56. The largest absolute Gasteiger partial charge is 0.373 e. The molecule has 0 aromatic carbocycles. The molecule has 0 radical (unpaired) electrons. The van der Waals surface area contributed by atoms with Crippen molar-refractivity contribution in [1.82, 2.24) is 4.90 Å². The van der Waals surface area contributed by atoms with Crippen LogP contribution in [0.25, 0.3) is 0 Å². The van der Waals surface area contributed by atoms with Gasteiger partial charge in [-0.15, -0.1) is 0 Å². The van der Waals surface area contributed by atoms with Crippen molar-refractivity contribution in [2.24, 2.45) is 11.7 Å². The normalized spacial score (nSPS) is 25.7. The Morgan fingerprint density at radius 2 is 2.06 bits per heavy atom. The Morgan fingerprint density at radius 3 is 2.50 bits per heavy atom. The standard InChI is InChI=1S/C15H32N2O/c1-6-13(3)10-15(7-2,11-16)17-8-9-18-14(4,5)12-17/h13H,6-12,16H2,1-5H3. The van der Waals surface area contributed by atoms with Gasteiger partial charge in [0.15, 0.2) is 0 Å². The van der Waals surface area contributed by atoms with Crippen LogP contribution in [0.2, 0.25) is 0 Å².